The van der Waals surface area contributed by atoms with Crippen molar-refractivity contribution in [2.45, 2.75) is 72.1 Å². The highest BCUT2D eigenvalue weighted by Crippen LogP contribution is 2.13. The molecule has 0 heterocycles. The van der Waals surface area contributed by atoms with Crippen LogP contribution in [0.5, 0.6) is 0 Å². The van der Waals surface area contributed by atoms with E-state index in [-0.39, 0.29) is 0 Å². The average molecular weight is 364 g/mol. The van der Waals surface area contributed by atoms with Crippen LogP contribution in [0, 0.1) is 12.5 Å². The second-order valence-corrected chi connectivity index (χ2v) is 6.74. The van der Waals surface area contributed by atoms with E-state index in [2.05, 4.69) is 20.8 Å². The molecule has 1 rings (SSSR count). The molecule has 26 heavy (non-hydrogen) atoms. The van der Waals surface area contributed by atoms with Crippen molar-refractivity contribution in [1.29, 1.82) is 0 Å². The number of unbranched alkanes of at least 4 members (excludes halogenated alkanes) is 3. The van der Waals surface area contributed by atoms with E-state index in [0.29, 0.717) is 24.7 Å². The zero-order chi connectivity index (χ0) is 19.0. The number of hydrogen-bond donors (Lipinski definition) is 0. The standard InChI is InChI=1S/C22H35O4/c1-4-7-9-11-20-12-14-21(15-13-20)22(23)26-25-17-16-24-18-19(6-3)10-8-5-2/h12-15,17,19H,4-11,16,18H2,1-3H3. The van der Waals surface area contributed by atoms with Gasteiger partial charge >= 0.3 is 5.97 Å². The molecule has 0 amide bonds. The van der Waals surface area contributed by atoms with E-state index in [0.717, 1.165) is 12.8 Å². The van der Waals surface area contributed by atoms with Gasteiger partial charge in [-0.15, -0.1) is 0 Å². The fourth-order valence-electron chi connectivity index (χ4n) is 2.72. The van der Waals surface area contributed by atoms with Gasteiger partial charge in [-0.1, -0.05) is 65.0 Å². The molecule has 0 aliphatic carbocycles. The number of carbonyl (C=O) groups is 1. The smallest absolute Gasteiger partial charge is 0.373 e. The molecular formula is C22H35O4. The molecule has 1 aromatic rings. The lowest BCUT2D eigenvalue weighted by Crippen LogP contribution is -2.11. The van der Waals surface area contributed by atoms with E-state index in [1.54, 1.807) is 12.1 Å². The summed E-state index contributed by atoms with van der Waals surface area (Å²) in [4.78, 5) is 21.6. The monoisotopic (exact) mass is 363 g/mol. The van der Waals surface area contributed by atoms with Crippen molar-refractivity contribution in [2.75, 3.05) is 13.2 Å². The first-order chi connectivity index (χ1) is 12.7. The Morgan fingerprint density at radius 2 is 1.77 bits per heavy atom. The lowest BCUT2D eigenvalue weighted by atomic mass is 10.0. The topological polar surface area (TPSA) is 44.8 Å². The molecule has 1 atom stereocenters. The highest BCUT2D eigenvalue weighted by atomic mass is 17.2. The van der Waals surface area contributed by atoms with Crippen LogP contribution in [0.1, 0.15) is 81.6 Å². The van der Waals surface area contributed by atoms with Crippen molar-refractivity contribution in [2.24, 2.45) is 5.92 Å². The fourth-order valence-corrected chi connectivity index (χ4v) is 2.72. The summed E-state index contributed by atoms with van der Waals surface area (Å²) in [6, 6.07) is 7.51. The summed E-state index contributed by atoms with van der Waals surface area (Å²) < 4.78 is 5.56. The summed E-state index contributed by atoms with van der Waals surface area (Å²) in [7, 11) is 0. The van der Waals surface area contributed by atoms with Crippen LogP contribution < -0.4 is 0 Å². The minimum absolute atomic E-state index is 0.312. The molecular weight excluding hydrogens is 328 g/mol. The minimum atomic E-state index is -0.490. The third-order valence-corrected chi connectivity index (χ3v) is 4.53. The SMILES string of the molecule is CCCCCc1ccc(C(=O)OO[CH]COCC(CC)CCCC)cc1. The van der Waals surface area contributed by atoms with E-state index < -0.39 is 5.97 Å². The van der Waals surface area contributed by atoms with Crippen LogP contribution in [0.3, 0.4) is 0 Å². The van der Waals surface area contributed by atoms with Gasteiger partial charge in [0.2, 0.25) is 0 Å². The molecule has 0 N–H and O–H groups in total. The zero-order valence-corrected chi connectivity index (χ0v) is 16.7. The fraction of sp³-hybridized carbons (Fsp3) is 0.636. The van der Waals surface area contributed by atoms with Gasteiger partial charge in [0.1, 0.15) is 0 Å². The number of benzene rings is 1. The van der Waals surface area contributed by atoms with E-state index >= 15 is 0 Å². The Bertz CT molecular complexity index is 470. The van der Waals surface area contributed by atoms with E-state index in [4.69, 9.17) is 14.5 Å². The van der Waals surface area contributed by atoms with Gasteiger partial charge in [-0.2, -0.15) is 4.89 Å². The molecule has 0 spiro atoms. The first kappa shape index (κ1) is 22.7. The maximum atomic E-state index is 11.9. The van der Waals surface area contributed by atoms with Gasteiger partial charge in [0, 0.05) is 6.61 Å². The van der Waals surface area contributed by atoms with Crippen molar-refractivity contribution in [3.8, 4) is 0 Å². The van der Waals surface area contributed by atoms with Crippen LogP contribution >= 0.6 is 0 Å². The molecule has 0 aliphatic heterocycles. The van der Waals surface area contributed by atoms with Gasteiger partial charge in [-0.25, -0.2) is 4.79 Å². The second kappa shape index (κ2) is 14.7. The number of carbonyl (C=O) groups excluding carboxylic acids is 1. The molecule has 147 valence electrons. The van der Waals surface area contributed by atoms with Gasteiger partial charge in [0.15, 0.2) is 6.61 Å². The van der Waals surface area contributed by atoms with Crippen molar-refractivity contribution >= 4 is 5.97 Å². The van der Waals surface area contributed by atoms with Gasteiger partial charge in [-0.3, -0.25) is 4.89 Å². The van der Waals surface area contributed by atoms with Crippen LogP contribution in [0.4, 0.5) is 0 Å². The number of hydrogen-bond acceptors (Lipinski definition) is 4. The Morgan fingerprint density at radius 1 is 1.04 bits per heavy atom. The Hall–Kier alpha value is -1.39. The molecule has 0 aromatic heterocycles. The summed E-state index contributed by atoms with van der Waals surface area (Å²) in [5.74, 6) is 0.0949. The Kier molecular flexibility index (Phi) is 12.8. The molecule has 4 nitrogen and oxygen atoms in total. The zero-order valence-electron chi connectivity index (χ0n) is 16.7. The quantitative estimate of drug-likeness (QED) is 0.221. The van der Waals surface area contributed by atoms with E-state index in [1.165, 1.54) is 50.7 Å². The third kappa shape index (κ3) is 9.93. The highest BCUT2D eigenvalue weighted by Gasteiger charge is 2.09. The van der Waals surface area contributed by atoms with Crippen molar-refractivity contribution in [3.05, 3.63) is 42.0 Å². The normalized spacial score (nSPS) is 12.1. The predicted octanol–water partition coefficient (Wildman–Crippen LogP) is 5.90. The molecule has 0 fully saturated rings. The number of rotatable bonds is 15. The molecule has 0 aliphatic rings. The molecule has 0 bridgehead atoms. The summed E-state index contributed by atoms with van der Waals surface area (Å²) in [5, 5.41) is 0. The summed E-state index contributed by atoms with van der Waals surface area (Å²) in [6.07, 6.45) is 9.41. The maximum absolute atomic E-state index is 11.9. The van der Waals surface area contributed by atoms with E-state index in [1.807, 2.05) is 12.1 Å². The van der Waals surface area contributed by atoms with Crippen LogP contribution in [0.2, 0.25) is 0 Å². The van der Waals surface area contributed by atoms with Crippen molar-refractivity contribution in [3.63, 3.8) is 0 Å². The van der Waals surface area contributed by atoms with Crippen LogP contribution in [-0.4, -0.2) is 19.2 Å². The minimum Gasteiger partial charge on any atom is -0.378 e. The Balaban J connectivity index is 2.16. The Labute approximate surface area is 159 Å². The lowest BCUT2D eigenvalue weighted by Gasteiger charge is -2.14. The molecule has 4 heteroatoms. The van der Waals surface area contributed by atoms with Crippen molar-refractivity contribution < 1.29 is 19.3 Å². The number of ether oxygens (including phenoxy) is 1. The van der Waals surface area contributed by atoms with Crippen molar-refractivity contribution in [1.82, 2.24) is 0 Å². The predicted molar refractivity (Wildman–Crippen MR) is 105 cm³/mol. The maximum Gasteiger partial charge on any atom is 0.373 e. The molecule has 1 radical (unpaired) electrons. The molecule has 1 unspecified atom stereocenters. The third-order valence-electron chi connectivity index (χ3n) is 4.53. The van der Waals surface area contributed by atoms with Gasteiger partial charge in [0.25, 0.3) is 0 Å². The van der Waals surface area contributed by atoms with Crippen LogP contribution in [0.15, 0.2) is 24.3 Å². The average Bonchev–Trinajstić information content (AvgIpc) is 2.67. The largest absolute Gasteiger partial charge is 0.378 e. The summed E-state index contributed by atoms with van der Waals surface area (Å²) >= 11 is 0. The second-order valence-electron chi connectivity index (χ2n) is 6.74. The summed E-state index contributed by atoms with van der Waals surface area (Å²) in [5.41, 5.74) is 1.73. The lowest BCUT2D eigenvalue weighted by molar-refractivity contribution is -0.218. The van der Waals surface area contributed by atoms with Gasteiger partial charge < -0.3 is 4.74 Å². The van der Waals surface area contributed by atoms with Gasteiger partial charge in [-0.05, 0) is 42.9 Å². The molecule has 0 saturated heterocycles. The van der Waals surface area contributed by atoms with Gasteiger partial charge in [0.05, 0.1) is 12.2 Å². The highest BCUT2D eigenvalue weighted by molar-refractivity contribution is 5.88. The molecule has 1 aromatic carbocycles. The first-order valence-electron chi connectivity index (χ1n) is 10.1. The molecule has 0 saturated carbocycles. The van der Waals surface area contributed by atoms with E-state index in [9.17, 15) is 4.79 Å². The first-order valence-corrected chi connectivity index (χ1v) is 10.1. The number of aryl methyl sites for hydroxylation is 1. The van der Waals surface area contributed by atoms with Crippen LogP contribution in [-0.2, 0) is 20.9 Å². The Morgan fingerprint density at radius 3 is 2.42 bits per heavy atom. The summed E-state index contributed by atoms with van der Waals surface area (Å²) in [6.45, 7) is 8.97. The van der Waals surface area contributed by atoms with Crippen LogP contribution in [0.25, 0.3) is 0 Å².